The molecule has 1 aliphatic heterocycles. The Kier molecular flexibility index (Phi) is 3.19. The van der Waals surface area contributed by atoms with Gasteiger partial charge in [-0.15, -0.1) is 0 Å². The molecule has 0 unspecified atom stereocenters. The standard InChI is InChI=1S/C11H12ClN3O2/c12-7-1-2-9(13)8(5-7)11(17)15-4-3-14-10(16)6-15/h1-2,5H,3-4,6,13H2,(H,14,16). The van der Waals surface area contributed by atoms with Gasteiger partial charge in [0.15, 0.2) is 0 Å². The summed E-state index contributed by atoms with van der Waals surface area (Å²) in [5.74, 6) is -0.426. The first-order valence-corrected chi connectivity index (χ1v) is 5.57. The average Bonchev–Trinajstić information content (AvgIpc) is 2.31. The Morgan fingerprint density at radius 2 is 2.24 bits per heavy atom. The minimum Gasteiger partial charge on any atom is -0.398 e. The summed E-state index contributed by atoms with van der Waals surface area (Å²) in [6, 6.07) is 4.72. The molecule has 90 valence electrons. The number of amides is 2. The second-order valence-corrected chi connectivity index (χ2v) is 4.24. The van der Waals surface area contributed by atoms with E-state index in [9.17, 15) is 9.59 Å². The van der Waals surface area contributed by atoms with Crippen LogP contribution in [0.5, 0.6) is 0 Å². The van der Waals surface area contributed by atoms with Gasteiger partial charge in [0.05, 0.1) is 12.1 Å². The van der Waals surface area contributed by atoms with Gasteiger partial charge in [0, 0.05) is 23.8 Å². The van der Waals surface area contributed by atoms with Crippen molar-refractivity contribution in [2.24, 2.45) is 0 Å². The summed E-state index contributed by atoms with van der Waals surface area (Å²) in [5.41, 5.74) is 6.43. The molecule has 1 fully saturated rings. The largest absolute Gasteiger partial charge is 0.398 e. The average molecular weight is 254 g/mol. The van der Waals surface area contributed by atoms with Crippen LogP contribution in [0.25, 0.3) is 0 Å². The summed E-state index contributed by atoms with van der Waals surface area (Å²) in [5, 5.41) is 3.10. The number of hydrogen-bond donors (Lipinski definition) is 2. The van der Waals surface area contributed by atoms with Crippen molar-refractivity contribution in [3.05, 3.63) is 28.8 Å². The van der Waals surface area contributed by atoms with Crippen LogP contribution in [0, 0.1) is 0 Å². The van der Waals surface area contributed by atoms with Crippen LogP contribution in [-0.4, -0.2) is 36.3 Å². The van der Waals surface area contributed by atoms with E-state index in [1.54, 1.807) is 12.1 Å². The number of nitrogens with two attached hydrogens (primary N) is 1. The summed E-state index contributed by atoms with van der Waals surface area (Å²) >= 11 is 5.82. The summed E-state index contributed by atoms with van der Waals surface area (Å²) in [6.07, 6.45) is 0. The van der Waals surface area contributed by atoms with Crippen LogP contribution >= 0.6 is 11.6 Å². The Hall–Kier alpha value is -1.75. The molecule has 2 rings (SSSR count). The number of anilines is 1. The van der Waals surface area contributed by atoms with Crippen molar-refractivity contribution < 1.29 is 9.59 Å². The number of nitrogens with one attached hydrogen (secondary N) is 1. The number of halogens is 1. The van der Waals surface area contributed by atoms with Gasteiger partial charge >= 0.3 is 0 Å². The highest BCUT2D eigenvalue weighted by atomic mass is 35.5. The number of benzene rings is 1. The monoisotopic (exact) mass is 253 g/mol. The molecule has 17 heavy (non-hydrogen) atoms. The minimum absolute atomic E-state index is 0.0603. The highest BCUT2D eigenvalue weighted by molar-refractivity contribution is 6.31. The normalized spacial score (nSPS) is 15.6. The Balaban J connectivity index is 2.24. The molecule has 0 aromatic heterocycles. The number of rotatable bonds is 1. The number of nitrogens with zero attached hydrogens (tertiary/aromatic N) is 1. The molecule has 0 aliphatic carbocycles. The Labute approximate surface area is 104 Å². The zero-order chi connectivity index (χ0) is 12.4. The molecule has 1 aliphatic rings. The summed E-state index contributed by atoms with van der Waals surface area (Å²) in [4.78, 5) is 24.8. The molecular weight excluding hydrogens is 242 g/mol. The van der Waals surface area contributed by atoms with E-state index < -0.39 is 0 Å². The maximum atomic E-state index is 12.1. The molecule has 0 saturated carbocycles. The fourth-order valence-electron chi connectivity index (χ4n) is 1.70. The molecule has 5 nitrogen and oxygen atoms in total. The molecule has 1 saturated heterocycles. The first-order chi connectivity index (χ1) is 8.08. The second-order valence-electron chi connectivity index (χ2n) is 3.81. The van der Waals surface area contributed by atoms with Gasteiger partial charge in [-0.25, -0.2) is 0 Å². The zero-order valence-corrected chi connectivity index (χ0v) is 9.83. The molecule has 0 bridgehead atoms. The van der Waals surface area contributed by atoms with E-state index in [1.165, 1.54) is 11.0 Å². The molecular formula is C11H12ClN3O2. The van der Waals surface area contributed by atoms with Crippen molar-refractivity contribution in [1.29, 1.82) is 0 Å². The van der Waals surface area contributed by atoms with Gasteiger partial charge < -0.3 is 16.0 Å². The number of carbonyl (C=O) groups excluding carboxylic acids is 2. The first-order valence-electron chi connectivity index (χ1n) is 5.19. The van der Waals surface area contributed by atoms with E-state index in [2.05, 4.69) is 5.32 Å². The fourth-order valence-corrected chi connectivity index (χ4v) is 1.87. The van der Waals surface area contributed by atoms with Gasteiger partial charge in [0.1, 0.15) is 0 Å². The summed E-state index contributed by atoms with van der Waals surface area (Å²) in [6.45, 7) is 1.01. The van der Waals surface area contributed by atoms with Crippen molar-refractivity contribution in [2.75, 3.05) is 25.4 Å². The van der Waals surface area contributed by atoms with Gasteiger partial charge in [0.2, 0.25) is 5.91 Å². The van der Waals surface area contributed by atoms with Crippen LogP contribution in [0.1, 0.15) is 10.4 Å². The molecule has 0 atom stereocenters. The Bertz CT molecular complexity index is 476. The Morgan fingerprint density at radius 3 is 2.94 bits per heavy atom. The van der Waals surface area contributed by atoms with Crippen molar-refractivity contribution in [3.63, 3.8) is 0 Å². The molecule has 0 spiro atoms. The number of hydrogen-bond acceptors (Lipinski definition) is 3. The lowest BCUT2D eigenvalue weighted by atomic mass is 10.1. The fraction of sp³-hybridized carbons (Fsp3) is 0.273. The molecule has 3 N–H and O–H groups in total. The lowest BCUT2D eigenvalue weighted by molar-refractivity contribution is -0.123. The number of piperazine rings is 1. The van der Waals surface area contributed by atoms with Crippen LogP contribution in [0.2, 0.25) is 5.02 Å². The van der Waals surface area contributed by atoms with Gasteiger partial charge in [-0.3, -0.25) is 9.59 Å². The number of nitrogen functional groups attached to an aromatic ring is 1. The minimum atomic E-state index is -0.264. The maximum absolute atomic E-state index is 12.1. The van der Waals surface area contributed by atoms with Crippen LogP contribution in [-0.2, 0) is 4.79 Å². The molecule has 6 heteroatoms. The molecule has 1 heterocycles. The lowest BCUT2D eigenvalue weighted by Gasteiger charge is -2.27. The van der Waals surface area contributed by atoms with Crippen LogP contribution in [0.4, 0.5) is 5.69 Å². The van der Waals surface area contributed by atoms with Crippen molar-refractivity contribution in [3.8, 4) is 0 Å². The quantitative estimate of drug-likeness (QED) is 0.716. The van der Waals surface area contributed by atoms with Crippen molar-refractivity contribution in [2.45, 2.75) is 0 Å². The topological polar surface area (TPSA) is 75.4 Å². The van der Waals surface area contributed by atoms with E-state index in [-0.39, 0.29) is 18.4 Å². The highest BCUT2D eigenvalue weighted by Gasteiger charge is 2.23. The second kappa shape index (κ2) is 4.63. The smallest absolute Gasteiger partial charge is 0.256 e. The third-order valence-electron chi connectivity index (χ3n) is 2.57. The molecule has 2 amide bonds. The summed E-state index contributed by atoms with van der Waals surface area (Å²) < 4.78 is 0. The van der Waals surface area contributed by atoms with Crippen molar-refractivity contribution >= 4 is 29.1 Å². The third-order valence-corrected chi connectivity index (χ3v) is 2.81. The Morgan fingerprint density at radius 1 is 1.47 bits per heavy atom. The zero-order valence-electron chi connectivity index (χ0n) is 9.07. The van der Waals surface area contributed by atoms with Gasteiger partial charge in [-0.2, -0.15) is 0 Å². The third kappa shape index (κ3) is 2.50. The van der Waals surface area contributed by atoms with Gasteiger partial charge in [0.25, 0.3) is 5.91 Å². The highest BCUT2D eigenvalue weighted by Crippen LogP contribution is 2.19. The van der Waals surface area contributed by atoms with E-state index >= 15 is 0 Å². The van der Waals surface area contributed by atoms with Crippen LogP contribution in [0.3, 0.4) is 0 Å². The van der Waals surface area contributed by atoms with Gasteiger partial charge in [-0.1, -0.05) is 11.6 Å². The van der Waals surface area contributed by atoms with E-state index in [4.69, 9.17) is 17.3 Å². The molecule has 1 aromatic carbocycles. The number of carbonyl (C=O) groups is 2. The van der Waals surface area contributed by atoms with Gasteiger partial charge in [-0.05, 0) is 18.2 Å². The maximum Gasteiger partial charge on any atom is 0.256 e. The van der Waals surface area contributed by atoms with Crippen molar-refractivity contribution in [1.82, 2.24) is 10.2 Å². The molecule has 0 radical (unpaired) electrons. The predicted molar refractivity (Wildman–Crippen MR) is 64.8 cm³/mol. The lowest BCUT2D eigenvalue weighted by Crippen LogP contribution is -2.50. The first kappa shape index (κ1) is 11.7. The van der Waals surface area contributed by atoms with E-state index in [0.29, 0.717) is 29.4 Å². The molecule has 1 aromatic rings. The predicted octanol–water partition coefficient (Wildman–Crippen LogP) is 0.494. The van der Waals surface area contributed by atoms with Crippen LogP contribution in [0.15, 0.2) is 18.2 Å². The van der Waals surface area contributed by atoms with Crippen LogP contribution < -0.4 is 11.1 Å². The van der Waals surface area contributed by atoms with E-state index in [0.717, 1.165) is 0 Å². The SMILES string of the molecule is Nc1ccc(Cl)cc1C(=O)N1CCNC(=O)C1. The summed E-state index contributed by atoms with van der Waals surface area (Å²) in [7, 11) is 0. The van der Waals surface area contributed by atoms with E-state index in [1.807, 2.05) is 0 Å².